The second kappa shape index (κ2) is 17.5. The number of hydrogen-bond donors (Lipinski definition) is 3. The molecule has 10 heteroatoms. The number of thioether (sulfide) groups is 1. The van der Waals surface area contributed by atoms with Crippen molar-refractivity contribution in [1.82, 2.24) is 5.32 Å². The molecule has 46 heavy (non-hydrogen) atoms. The van der Waals surface area contributed by atoms with E-state index in [4.69, 9.17) is 27.9 Å². The van der Waals surface area contributed by atoms with E-state index in [2.05, 4.69) is 22.9 Å². The molecule has 0 radical (unpaired) electrons. The van der Waals surface area contributed by atoms with Gasteiger partial charge in [0.1, 0.15) is 11.4 Å². The minimum atomic E-state index is -0.552. The Hall–Kier alpha value is -4.24. The molecule has 0 saturated carbocycles. The van der Waals surface area contributed by atoms with Crippen molar-refractivity contribution in [3.05, 3.63) is 124 Å². The van der Waals surface area contributed by atoms with Gasteiger partial charge in [-0.25, -0.2) is 0 Å². The largest absolute Gasteiger partial charge is 0.494 e. The zero-order chi connectivity index (χ0) is 32.9. The number of rotatable bonds is 14. The summed E-state index contributed by atoms with van der Waals surface area (Å²) in [6.07, 6.45) is 4.13. The summed E-state index contributed by atoms with van der Waals surface area (Å²) in [4.78, 5) is 40.4. The third kappa shape index (κ3) is 10.4. The average molecular weight is 677 g/mol. The Morgan fingerprint density at radius 3 is 2.30 bits per heavy atom. The number of ether oxygens (including phenoxy) is 1. The molecule has 0 bridgehead atoms. The Morgan fingerprint density at radius 2 is 1.61 bits per heavy atom. The van der Waals surface area contributed by atoms with Gasteiger partial charge in [0.25, 0.3) is 11.8 Å². The summed E-state index contributed by atoms with van der Waals surface area (Å²) in [6.45, 7) is 4.72. The number of hydrogen-bond acceptors (Lipinski definition) is 5. The van der Waals surface area contributed by atoms with Gasteiger partial charge in [0.2, 0.25) is 5.91 Å². The maximum Gasteiger partial charge on any atom is 0.272 e. The van der Waals surface area contributed by atoms with Crippen LogP contribution in [-0.4, -0.2) is 29.6 Å². The van der Waals surface area contributed by atoms with E-state index < -0.39 is 11.8 Å². The van der Waals surface area contributed by atoms with Crippen molar-refractivity contribution < 1.29 is 19.1 Å². The van der Waals surface area contributed by atoms with Gasteiger partial charge in [-0.1, -0.05) is 73.8 Å². The van der Waals surface area contributed by atoms with E-state index in [1.54, 1.807) is 66.7 Å². The first kappa shape index (κ1) is 34.6. The minimum Gasteiger partial charge on any atom is -0.494 e. The molecule has 3 amide bonds. The lowest BCUT2D eigenvalue weighted by Crippen LogP contribution is -2.30. The normalized spacial score (nSPS) is 11.8. The quantitative estimate of drug-likeness (QED) is 0.0704. The van der Waals surface area contributed by atoms with Gasteiger partial charge in [0.15, 0.2) is 0 Å². The predicted octanol–water partition coefficient (Wildman–Crippen LogP) is 9.09. The number of unbranched alkanes of at least 4 members (excludes halogenated alkanes) is 1. The minimum absolute atomic E-state index is 0.0104. The van der Waals surface area contributed by atoms with Gasteiger partial charge < -0.3 is 20.7 Å². The van der Waals surface area contributed by atoms with Crippen LogP contribution in [0, 0.1) is 0 Å². The fourth-order valence-corrected chi connectivity index (χ4v) is 5.72. The maximum absolute atomic E-state index is 13.5. The highest BCUT2D eigenvalue weighted by molar-refractivity contribution is 8.00. The third-order valence-electron chi connectivity index (χ3n) is 6.71. The fraction of sp³-hybridized carbons (Fsp3) is 0.194. The Balaban J connectivity index is 1.46. The summed E-state index contributed by atoms with van der Waals surface area (Å²) in [5, 5.41) is 8.94. The Labute approximate surface area is 283 Å². The highest BCUT2D eigenvalue weighted by Gasteiger charge is 2.20. The van der Waals surface area contributed by atoms with Gasteiger partial charge in [-0.2, -0.15) is 0 Å². The molecular formula is C36H35Cl2N3O4S. The molecule has 0 spiro atoms. The predicted molar refractivity (Wildman–Crippen MR) is 189 cm³/mol. The summed E-state index contributed by atoms with van der Waals surface area (Å²) in [7, 11) is 0. The van der Waals surface area contributed by atoms with Gasteiger partial charge in [-0.15, -0.1) is 11.8 Å². The first-order chi connectivity index (χ1) is 22.2. The van der Waals surface area contributed by atoms with Crippen molar-refractivity contribution in [2.24, 2.45) is 0 Å². The standard InChI is InChI=1S/C36H35Cl2N3O4S/c1-3-5-20-45-29-18-16-27(17-19-29)39-36(44)33(4-2)46-30-13-9-12-28(23-30)40-35(43)32(21-25-14-15-26(37)22-31(25)38)41-34(42)24-10-7-6-8-11-24/h6-19,21-23,33H,3-5,20H2,1-2H3,(H,39,44)(H,40,43)(H,41,42)/b32-21+. The van der Waals surface area contributed by atoms with Gasteiger partial charge in [0, 0.05) is 31.9 Å². The van der Waals surface area contributed by atoms with Crippen molar-refractivity contribution in [2.75, 3.05) is 17.2 Å². The maximum atomic E-state index is 13.5. The molecule has 0 fully saturated rings. The van der Waals surface area contributed by atoms with Crippen molar-refractivity contribution in [3.8, 4) is 5.75 Å². The van der Waals surface area contributed by atoms with E-state index in [1.807, 2.05) is 37.3 Å². The lowest BCUT2D eigenvalue weighted by molar-refractivity contribution is -0.116. The zero-order valence-corrected chi connectivity index (χ0v) is 27.8. The van der Waals surface area contributed by atoms with Crippen LogP contribution in [0.2, 0.25) is 10.0 Å². The molecule has 3 N–H and O–H groups in total. The summed E-state index contributed by atoms with van der Waals surface area (Å²) in [5.41, 5.74) is 2.06. The Kier molecular flexibility index (Phi) is 13.1. The first-order valence-corrected chi connectivity index (χ1v) is 16.5. The van der Waals surface area contributed by atoms with E-state index in [0.717, 1.165) is 23.5 Å². The highest BCUT2D eigenvalue weighted by Crippen LogP contribution is 2.29. The number of nitrogens with one attached hydrogen (secondary N) is 3. The van der Waals surface area contributed by atoms with E-state index in [-0.39, 0.29) is 16.9 Å². The van der Waals surface area contributed by atoms with Crippen LogP contribution in [0.1, 0.15) is 49.0 Å². The van der Waals surface area contributed by atoms with E-state index in [9.17, 15) is 14.4 Å². The summed E-state index contributed by atoms with van der Waals surface area (Å²) >= 11 is 13.8. The smallest absolute Gasteiger partial charge is 0.272 e. The van der Waals surface area contributed by atoms with Gasteiger partial charge >= 0.3 is 0 Å². The number of amides is 3. The SMILES string of the molecule is CCCCOc1ccc(NC(=O)C(CC)Sc2cccc(NC(=O)/C(=C\c3ccc(Cl)cc3Cl)NC(=O)c3ccccc3)c2)cc1. The lowest BCUT2D eigenvalue weighted by Gasteiger charge is -2.16. The van der Waals surface area contributed by atoms with Gasteiger partial charge in [-0.3, -0.25) is 14.4 Å². The number of benzene rings is 4. The van der Waals surface area contributed by atoms with Crippen LogP contribution in [0.4, 0.5) is 11.4 Å². The van der Waals surface area contributed by atoms with Crippen LogP contribution in [0.25, 0.3) is 6.08 Å². The number of halogens is 2. The molecule has 1 atom stereocenters. The van der Waals surface area contributed by atoms with Crippen LogP contribution in [0.3, 0.4) is 0 Å². The second-order valence-electron chi connectivity index (χ2n) is 10.3. The molecule has 4 aromatic carbocycles. The first-order valence-electron chi connectivity index (χ1n) is 14.9. The fourth-order valence-electron chi connectivity index (χ4n) is 4.24. The van der Waals surface area contributed by atoms with E-state index in [1.165, 1.54) is 17.8 Å². The molecule has 238 valence electrons. The lowest BCUT2D eigenvalue weighted by atomic mass is 10.1. The molecule has 0 saturated heterocycles. The zero-order valence-electron chi connectivity index (χ0n) is 25.5. The van der Waals surface area contributed by atoms with Crippen molar-refractivity contribution in [1.29, 1.82) is 0 Å². The van der Waals surface area contributed by atoms with Crippen LogP contribution in [0.15, 0.2) is 108 Å². The highest BCUT2D eigenvalue weighted by atomic mass is 35.5. The van der Waals surface area contributed by atoms with Gasteiger partial charge in [-0.05, 0) is 91.2 Å². The summed E-state index contributed by atoms with van der Waals surface area (Å²) < 4.78 is 5.70. The molecule has 0 aliphatic carbocycles. The van der Waals surface area contributed by atoms with Crippen molar-refractivity contribution >= 4 is 70.1 Å². The van der Waals surface area contributed by atoms with Crippen LogP contribution >= 0.6 is 35.0 Å². The molecule has 0 heterocycles. The van der Waals surface area contributed by atoms with Crippen molar-refractivity contribution in [2.45, 2.75) is 43.3 Å². The summed E-state index contributed by atoms with van der Waals surface area (Å²) in [5.74, 6) is -0.368. The third-order valence-corrected chi connectivity index (χ3v) is 8.63. The molecule has 4 rings (SSSR count). The second-order valence-corrected chi connectivity index (χ2v) is 12.4. The van der Waals surface area contributed by atoms with Crippen LogP contribution in [0.5, 0.6) is 5.75 Å². The molecule has 0 aliphatic rings. The number of carbonyl (C=O) groups is 3. The monoisotopic (exact) mass is 675 g/mol. The van der Waals surface area contributed by atoms with E-state index in [0.29, 0.717) is 45.6 Å². The molecule has 0 aliphatic heterocycles. The number of anilines is 2. The average Bonchev–Trinajstić information content (AvgIpc) is 3.05. The number of carbonyl (C=O) groups excluding carboxylic acids is 3. The molecule has 4 aromatic rings. The molecule has 7 nitrogen and oxygen atoms in total. The Bertz CT molecular complexity index is 1680. The molecule has 1 unspecified atom stereocenters. The Morgan fingerprint density at radius 1 is 0.848 bits per heavy atom. The summed E-state index contributed by atoms with van der Waals surface area (Å²) in [6, 6.07) is 28.0. The van der Waals surface area contributed by atoms with Crippen molar-refractivity contribution in [3.63, 3.8) is 0 Å². The van der Waals surface area contributed by atoms with Gasteiger partial charge in [0.05, 0.1) is 11.9 Å². The molecular weight excluding hydrogens is 641 g/mol. The molecule has 0 aromatic heterocycles. The van der Waals surface area contributed by atoms with Crippen LogP contribution < -0.4 is 20.7 Å². The van der Waals surface area contributed by atoms with Crippen LogP contribution in [-0.2, 0) is 9.59 Å². The topological polar surface area (TPSA) is 96.5 Å². The van der Waals surface area contributed by atoms with E-state index >= 15 is 0 Å².